The van der Waals surface area contributed by atoms with Gasteiger partial charge >= 0.3 is 0 Å². The molecule has 2 aliphatic heterocycles. The molecule has 2 N–H and O–H groups in total. The third kappa shape index (κ3) is 3.90. The highest BCUT2D eigenvalue weighted by Crippen LogP contribution is 2.38. The largest absolute Gasteiger partial charge is 0.471 e. The van der Waals surface area contributed by atoms with Crippen molar-refractivity contribution in [1.82, 2.24) is 0 Å². The Bertz CT molecular complexity index is 705. The molecule has 146 valence electrons. The molecule has 0 spiro atoms. The number of ketones is 1. The highest BCUT2D eigenvalue weighted by atomic mass is 16.5. The van der Waals surface area contributed by atoms with Gasteiger partial charge in [0.2, 0.25) is 5.91 Å². The molecule has 5 atom stereocenters. The number of benzene rings is 1. The summed E-state index contributed by atoms with van der Waals surface area (Å²) < 4.78 is 3.86. The summed E-state index contributed by atoms with van der Waals surface area (Å²) in [7, 11) is 1.31. The molecule has 1 saturated carbocycles. The second kappa shape index (κ2) is 8.65. The highest BCUT2D eigenvalue weighted by Gasteiger charge is 2.49. The topological polar surface area (TPSA) is 76.9 Å². The second-order valence-corrected chi connectivity index (χ2v) is 7.65. The number of hydrogen-bond donors (Lipinski definition) is 2. The van der Waals surface area contributed by atoms with E-state index in [9.17, 15) is 9.59 Å². The average molecular weight is 373 g/mol. The zero-order chi connectivity index (χ0) is 19.4. The van der Waals surface area contributed by atoms with Crippen LogP contribution in [0.4, 0.5) is 5.69 Å². The van der Waals surface area contributed by atoms with Gasteiger partial charge in [-0.3, -0.25) is 14.4 Å². The summed E-state index contributed by atoms with van der Waals surface area (Å²) in [6.07, 6.45) is 4.77. The quantitative estimate of drug-likeness (QED) is 0.784. The van der Waals surface area contributed by atoms with Crippen LogP contribution in [0.15, 0.2) is 24.3 Å². The zero-order valence-electron chi connectivity index (χ0n) is 16.1. The van der Waals surface area contributed by atoms with E-state index in [1.54, 1.807) is 0 Å². The molecule has 27 heavy (non-hydrogen) atoms. The maximum Gasteiger partial charge on any atom is 0.292 e. The first kappa shape index (κ1) is 19.5. The van der Waals surface area contributed by atoms with Crippen LogP contribution in [0.5, 0.6) is 0 Å². The minimum atomic E-state index is -0.0564. The molecule has 4 rings (SSSR count). The lowest BCUT2D eigenvalue weighted by Gasteiger charge is -2.46. The summed E-state index contributed by atoms with van der Waals surface area (Å²) in [6.45, 7) is 3.56. The number of para-hydroxylation sites is 1. The fourth-order valence-corrected chi connectivity index (χ4v) is 5.23. The monoisotopic (exact) mass is 373 g/mol. The lowest BCUT2D eigenvalue weighted by atomic mass is 9.73. The Morgan fingerprint density at radius 3 is 2.63 bits per heavy atom. The van der Waals surface area contributed by atoms with Gasteiger partial charge in [-0.05, 0) is 31.4 Å². The number of nitrogens with one attached hydrogen (secondary N) is 2. The molecule has 1 saturated heterocycles. The summed E-state index contributed by atoms with van der Waals surface area (Å²) >= 11 is 0. The Morgan fingerprint density at radius 1 is 1.19 bits per heavy atom. The van der Waals surface area contributed by atoms with Gasteiger partial charge in [-0.1, -0.05) is 18.2 Å². The van der Waals surface area contributed by atoms with Crippen molar-refractivity contribution in [2.24, 2.45) is 5.92 Å². The molecule has 0 aromatic heterocycles. The predicted octanol–water partition coefficient (Wildman–Crippen LogP) is 1.32. The molecule has 1 amide bonds. The third-order valence-corrected chi connectivity index (χ3v) is 6.35. The van der Waals surface area contributed by atoms with Crippen molar-refractivity contribution in [3.8, 4) is 0 Å². The van der Waals surface area contributed by atoms with Crippen LogP contribution in [0.2, 0.25) is 0 Å². The van der Waals surface area contributed by atoms with Crippen molar-refractivity contribution < 1.29 is 24.0 Å². The van der Waals surface area contributed by atoms with E-state index in [-0.39, 0.29) is 11.8 Å². The number of likely N-dealkylation sites (N-methyl/N-ethyl adjacent to an activating group) is 1. The van der Waals surface area contributed by atoms with Crippen LogP contribution in [-0.2, 0) is 19.1 Å². The standard InChI is InChI=1S/C19H24N2O2.C2H4O2/c1-2-21-16(10-8-12-7-9-13(22)11-17(12)21)18-14-5-3-4-6-15(14)20-19(18)23;1-4-2-3/h3-6,12,16-18H,2,7-11H2,1H3,(H,20,23);2H,1H3/p+1. The van der Waals surface area contributed by atoms with E-state index in [0.29, 0.717) is 36.7 Å². The Hall–Kier alpha value is -2.21. The molecule has 3 aliphatic rings. The molecule has 2 heterocycles. The molecule has 2 fully saturated rings. The Morgan fingerprint density at radius 2 is 1.93 bits per heavy atom. The van der Waals surface area contributed by atoms with Gasteiger partial charge in [0.25, 0.3) is 6.47 Å². The van der Waals surface area contributed by atoms with Crippen molar-refractivity contribution in [2.75, 3.05) is 19.0 Å². The normalized spacial score (nSPS) is 31.7. The van der Waals surface area contributed by atoms with Crippen LogP contribution < -0.4 is 10.2 Å². The lowest BCUT2D eigenvalue weighted by Crippen LogP contribution is -3.21. The molecule has 6 heteroatoms. The fraction of sp³-hybridized carbons (Fsp3) is 0.571. The Kier molecular flexibility index (Phi) is 6.26. The minimum Gasteiger partial charge on any atom is -0.471 e. The van der Waals surface area contributed by atoms with Gasteiger partial charge in [-0.2, -0.15) is 0 Å². The number of carbonyl (C=O) groups is 3. The van der Waals surface area contributed by atoms with Crippen molar-refractivity contribution in [3.05, 3.63) is 29.8 Å². The van der Waals surface area contributed by atoms with Crippen LogP contribution in [-0.4, -0.2) is 43.9 Å². The van der Waals surface area contributed by atoms with Gasteiger partial charge in [0, 0.05) is 24.4 Å². The molecule has 1 aromatic rings. The van der Waals surface area contributed by atoms with Gasteiger partial charge in [-0.25, -0.2) is 0 Å². The highest BCUT2D eigenvalue weighted by molar-refractivity contribution is 6.03. The molecular formula is C21H29N2O4+. The summed E-state index contributed by atoms with van der Waals surface area (Å²) in [5.41, 5.74) is 2.12. The SMILES string of the molecule is CC[NH+]1C2CC(=O)CCC2CCC1C1C(=O)Nc2ccccc21.COC=O. The lowest BCUT2D eigenvalue weighted by molar-refractivity contribution is -0.958. The van der Waals surface area contributed by atoms with Crippen molar-refractivity contribution >= 4 is 23.9 Å². The molecule has 0 bridgehead atoms. The summed E-state index contributed by atoms with van der Waals surface area (Å²) in [5, 5.41) is 3.05. The van der Waals surface area contributed by atoms with E-state index in [0.717, 1.165) is 43.5 Å². The van der Waals surface area contributed by atoms with Crippen LogP contribution >= 0.6 is 0 Å². The number of fused-ring (bicyclic) bond motifs is 2. The number of rotatable bonds is 3. The number of piperidine rings is 1. The van der Waals surface area contributed by atoms with E-state index in [4.69, 9.17) is 4.79 Å². The van der Waals surface area contributed by atoms with Crippen molar-refractivity contribution in [3.63, 3.8) is 0 Å². The molecule has 1 aliphatic carbocycles. The van der Waals surface area contributed by atoms with Crippen molar-refractivity contribution in [1.29, 1.82) is 0 Å². The van der Waals surface area contributed by atoms with E-state index in [2.05, 4.69) is 23.0 Å². The maximum atomic E-state index is 12.6. The van der Waals surface area contributed by atoms with Crippen LogP contribution in [0.3, 0.4) is 0 Å². The first-order valence-electron chi connectivity index (χ1n) is 9.84. The first-order valence-corrected chi connectivity index (χ1v) is 9.84. The van der Waals surface area contributed by atoms with E-state index < -0.39 is 0 Å². The average Bonchev–Trinajstić information content (AvgIpc) is 3.02. The Labute approximate surface area is 160 Å². The minimum absolute atomic E-state index is 0.0564. The molecule has 0 radical (unpaired) electrons. The predicted molar refractivity (Wildman–Crippen MR) is 102 cm³/mol. The third-order valence-electron chi connectivity index (χ3n) is 6.35. The number of amides is 1. The number of methoxy groups -OCH3 is 1. The number of hydrogen-bond acceptors (Lipinski definition) is 4. The van der Waals surface area contributed by atoms with Gasteiger partial charge in [0.05, 0.1) is 26.1 Å². The number of ether oxygens (including phenoxy) is 1. The number of anilines is 1. The second-order valence-electron chi connectivity index (χ2n) is 7.65. The van der Waals surface area contributed by atoms with Gasteiger partial charge in [0.1, 0.15) is 17.7 Å². The smallest absolute Gasteiger partial charge is 0.292 e. The summed E-state index contributed by atoms with van der Waals surface area (Å²) in [6, 6.07) is 8.80. The number of likely N-dealkylation sites (tertiary alicyclic amines) is 1. The van der Waals surface area contributed by atoms with E-state index >= 15 is 0 Å². The zero-order valence-corrected chi connectivity index (χ0v) is 16.1. The van der Waals surface area contributed by atoms with Crippen LogP contribution in [0.1, 0.15) is 50.5 Å². The maximum absolute atomic E-state index is 12.6. The summed E-state index contributed by atoms with van der Waals surface area (Å²) in [5.74, 6) is 1.16. The first-order chi connectivity index (χ1) is 13.1. The van der Waals surface area contributed by atoms with Crippen LogP contribution in [0.25, 0.3) is 0 Å². The molecule has 6 nitrogen and oxygen atoms in total. The van der Waals surface area contributed by atoms with E-state index in [1.807, 2.05) is 18.2 Å². The van der Waals surface area contributed by atoms with Gasteiger partial charge < -0.3 is 15.0 Å². The number of carbonyl (C=O) groups excluding carboxylic acids is 3. The molecular weight excluding hydrogens is 344 g/mol. The number of Topliss-reactive ketones (excluding diaryl/α,β-unsaturated/α-hetero) is 1. The van der Waals surface area contributed by atoms with Crippen molar-refractivity contribution in [2.45, 2.75) is 57.0 Å². The van der Waals surface area contributed by atoms with Gasteiger partial charge in [-0.15, -0.1) is 0 Å². The fourth-order valence-electron chi connectivity index (χ4n) is 5.23. The molecule has 1 aromatic carbocycles. The molecule has 5 unspecified atom stereocenters. The number of quaternary nitrogens is 1. The Balaban J connectivity index is 0.000000481. The van der Waals surface area contributed by atoms with E-state index in [1.165, 1.54) is 12.0 Å². The van der Waals surface area contributed by atoms with Gasteiger partial charge in [0.15, 0.2) is 0 Å². The van der Waals surface area contributed by atoms with Crippen LogP contribution in [0, 0.1) is 5.92 Å². The summed E-state index contributed by atoms with van der Waals surface area (Å²) in [4.78, 5) is 35.0.